The van der Waals surface area contributed by atoms with Gasteiger partial charge in [0.15, 0.2) is 0 Å². The quantitative estimate of drug-likeness (QED) is 0.888. The molecule has 1 aliphatic rings. The fourth-order valence-corrected chi connectivity index (χ4v) is 2.57. The number of halogens is 1. The lowest BCUT2D eigenvalue weighted by molar-refractivity contribution is 0.0908. The van der Waals surface area contributed by atoms with Gasteiger partial charge in [-0.2, -0.15) is 0 Å². The summed E-state index contributed by atoms with van der Waals surface area (Å²) in [7, 11) is 0. The van der Waals surface area contributed by atoms with Crippen molar-refractivity contribution >= 4 is 5.91 Å². The lowest BCUT2D eigenvalue weighted by Crippen LogP contribution is -2.44. The highest BCUT2D eigenvalue weighted by Crippen LogP contribution is 2.19. The summed E-state index contributed by atoms with van der Waals surface area (Å²) in [6, 6.07) is 3.50. The minimum absolute atomic E-state index is 0.000915. The predicted octanol–water partition coefficient (Wildman–Crippen LogP) is 2.14. The summed E-state index contributed by atoms with van der Waals surface area (Å²) >= 11 is 0. The van der Waals surface area contributed by atoms with Crippen LogP contribution in [0, 0.1) is 5.82 Å². The summed E-state index contributed by atoms with van der Waals surface area (Å²) in [5.41, 5.74) is 0.000915. The zero-order valence-electron chi connectivity index (χ0n) is 11.7. The van der Waals surface area contributed by atoms with Gasteiger partial charge in [0.1, 0.15) is 11.6 Å². The first-order chi connectivity index (χ1) is 9.60. The van der Waals surface area contributed by atoms with Crippen LogP contribution in [0.25, 0.3) is 0 Å². The molecule has 2 N–H and O–H groups in total. The van der Waals surface area contributed by atoms with Crippen LogP contribution in [0.3, 0.4) is 0 Å². The molecule has 0 aliphatic carbocycles. The fraction of sp³-hybridized carbons (Fsp3) is 0.533. The van der Waals surface area contributed by atoms with Crippen LogP contribution in [0.15, 0.2) is 18.2 Å². The maximum atomic E-state index is 13.1. The van der Waals surface area contributed by atoms with Gasteiger partial charge in [0.25, 0.3) is 5.91 Å². The van der Waals surface area contributed by atoms with E-state index < -0.39 is 11.7 Å². The number of nitrogens with zero attached hydrogens (tertiary/aromatic N) is 1. The number of aromatic hydroxyl groups is 1. The minimum Gasteiger partial charge on any atom is -0.507 e. The monoisotopic (exact) mass is 280 g/mol. The maximum Gasteiger partial charge on any atom is 0.255 e. The smallest absolute Gasteiger partial charge is 0.255 e. The molecular formula is C15H21FN2O2. The summed E-state index contributed by atoms with van der Waals surface area (Å²) in [6.07, 6.45) is 2.91. The van der Waals surface area contributed by atoms with Crippen LogP contribution in [0.2, 0.25) is 0 Å². The number of amides is 1. The molecule has 110 valence electrons. The standard InChI is InChI=1S/C15H21FN2O2/c1-2-7-18-8-5-12(6-9-18)17-15(20)13-10-11(16)3-4-14(13)19/h3-4,10,12,19H,2,5-9H2,1H3,(H,17,20). The Morgan fingerprint density at radius 3 is 2.80 bits per heavy atom. The first kappa shape index (κ1) is 14.8. The van der Waals surface area contributed by atoms with E-state index in [9.17, 15) is 14.3 Å². The molecule has 20 heavy (non-hydrogen) atoms. The molecule has 0 atom stereocenters. The van der Waals surface area contributed by atoms with Crippen LogP contribution in [0.1, 0.15) is 36.5 Å². The third kappa shape index (κ3) is 3.70. The molecule has 5 heteroatoms. The van der Waals surface area contributed by atoms with Crippen molar-refractivity contribution in [3.8, 4) is 5.75 Å². The molecule has 0 bridgehead atoms. The second kappa shape index (κ2) is 6.70. The van der Waals surface area contributed by atoms with Crippen molar-refractivity contribution in [2.75, 3.05) is 19.6 Å². The molecule has 1 fully saturated rings. The van der Waals surface area contributed by atoms with Gasteiger partial charge in [-0.15, -0.1) is 0 Å². The second-order valence-corrected chi connectivity index (χ2v) is 5.25. The normalized spacial score (nSPS) is 17.1. The molecule has 2 rings (SSSR count). The zero-order chi connectivity index (χ0) is 14.5. The molecule has 0 aromatic heterocycles. The first-order valence-electron chi connectivity index (χ1n) is 7.12. The fourth-order valence-electron chi connectivity index (χ4n) is 2.57. The summed E-state index contributed by atoms with van der Waals surface area (Å²) in [5.74, 6) is -1.12. The van der Waals surface area contributed by atoms with E-state index in [1.807, 2.05) is 0 Å². The zero-order valence-corrected chi connectivity index (χ0v) is 11.7. The van der Waals surface area contributed by atoms with Crippen LogP contribution >= 0.6 is 0 Å². The summed E-state index contributed by atoms with van der Waals surface area (Å²) in [4.78, 5) is 14.4. The largest absolute Gasteiger partial charge is 0.507 e. The Bertz CT molecular complexity index is 471. The van der Waals surface area contributed by atoms with E-state index >= 15 is 0 Å². The third-order valence-corrected chi connectivity index (χ3v) is 3.67. The molecule has 0 spiro atoms. The molecule has 1 aromatic carbocycles. The van der Waals surface area contributed by atoms with E-state index in [1.54, 1.807) is 0 Å². The molecule has 0 saturated carbocycles. The number of nitrogens with one attached hydrogen (secondary N) is 1. The van der Waals surface area contributed by atoms with Gasteiger partial charge in [-0.3, -0.25) is 4.79 Å². The summed E-state index contributed by atoms with van der Waals surface area (Å²) in [6.45, 7) is 5.17. The average Bonchev–Trinajstić information content (AvgIpc) is 2.44. The Morgan fingerprint density at radius 2 is 2.15 bits per heavy atom. The van der Waals surface area contributed by atoms with Crippen LogP contribution < -0.4 is 5.32 Å². The van der Waals surface area contributed by atoms with Crippen molar-refractivity contribution in [2.45, 2.75) is 32.2 Å². The van der Waals surface area contributed by atoms with Gasteiger partial charge >= 0.3 is 0 Å². The highest BCUT2D eigenvalue weighted by atomic mass is 19.1. The molecule has 0 unspecified atom stereocenters. The minimum atomic E-state index is -0.522. The number of rotatable bonds is 4. The van der Waals surface area contributed by atoms with Gasteiger partial charge < -0.3 is 15.3 Å². The molecule has 4 nitrogen and oxygen atoms in total. The number of hydrogen-bond acceptors (Lipinski definition) is 3. The molecule has 0 radical (unpaired) electrons. The molecule has 1 saturated heterocycles. The van der Waals surface area contributed by atoms with E-state index in [-0.39, 0.29) is 17.4 Å². The number of likely N-dealkylation sites (tertiary alicyclic amines) is 1. The maximum absolute atomic E-state index is 13.1. The third-order valence-electron chi connectivity index (χ3n) is 3.67. The van der Waals surface area contributed by atoms with Gasteiger partial charge in [0, 0.05) is 19.1 Å². The Labute approximate surface area is 118 Å². The van der Waals surface area contributed by atoms with Crippen LogP contribution in [-0.2, 0) is 0 Å². The van der Waals surface area contributed by atoms with Crippen molar-refractivity contribution in [3.63, 3.8) is 0 Å². The number of benzene rings is 1. The van der Waals surface area contributed by atoms with Gasteiger partial charge in [-0.1, -0.05) is 6.92 Å². The lowest BCUT2D eigenvalue weighted by Gasteiger charge is -2.32. The molecule has 1 aromatic rings. The van der Waals surface area contributed by atoms with Crippen LogP contribution in [0.5, 0.6) is 5.75 Å². The highest BCUT2D eigenvalue weighted by molar-refractivity contribution is 5.96. The van der Waals surface area contributed by atoms with Crippen molar-refractivity contribution in [3.05, 3.63) is 29.6 Å². The van der Waals surface area contributed by atoms with Gasteiger partial charge in [0.2, 0.25) is 0 Å². The molecule has 1 aliphatic heterocycles. The Kier molecular flexibility index (Phi) is 4.95. The predicted molar refractivity (Wildman–Crippen MR) is 75.3 cm³/mol. The van der Waals surface area contributed by atoms with Crippen molar-refractivity contribution in [1.29, 1.82) is 0 Å². The Balaban J connectivity index is 1.91. The van der Waals surface area contributed by atoms with Crippen molar-refractivity contribution in [2.24, 2.45) is 0 Å². The Morgan fingerprint density at radius 1 is 1.45 bits per heavy atom. The highest BCUT2D eigenvalue weighted by Gasteiger charge is 2.21. The average molecular weight is 280 g/mol. The van der Waals surface area contributed by atoms with E-state index in [4.69, 9.17) is 0 Å². The molecule has 1 amide bonds. The van der Waals surface area contributed by atoms with E-state index in [0.717, 1.165) is 51.0 Å². The van der Waals surface area contributed by atoms with E-state index in [2.05, 4.69) is 17.1 Å². The number of phenols is 1. The van der Waals surface area contributed by atoms with Gasteiger partial charge in [0.05, 0.1) is 5.56 Å². The molecular weight excluding hydrogens is 259 g/mol. The van der Waals surface area contributed by atoms with Crippen LogP contribution in [0.4, 0.5) is 4.39 Å². The van der Waals surface area contributed by atoms with Gasteiger partial charge in [-0.05, 0) is 44.0 Å². The SMILES string of the molecule is CCCN1CCC(NC(=O)c2cc(F)ccc2O)CC1. The topological polar surface area (TPSA) is 52.6 Å². The number of hydrogen-bond donors (Lipinski definition) is 2. The van der Waals surface area contributed by atoms with Crippen LogP contribution in [-0.4, -0.2) is 41.6 Å². The Hall–Kier alpha value is -1.62. The van der Waals surface area contributed by atoms with Gasteiger partial charge in [-0.25, -0.2) is 4.39 Å². The lowest BCUT2D eigenvalue weighted by atomic mass is 10.0. The summed E-state index contributed by atoms with van der Waals surface area (Å²) in [5, 5.41) is 12.5. The van der Waals surface area contributed by atoms with Crippen molar-refractivity contribution in [1.82, 2.24) is 10.2 Å². The number of piperidine rings is 1. The first-order valence-corrected chi connectivity index (χ1v) is 7.12. The van der Waals surface area contributed by atoms with Crippen molar-refractivity contribution < 1.29 is 14.3 Å². The van der Waals surface area contributed by atoms with E-state index in [1.165, 1.54) is 6.07 Å². The number of phenolic OH excluding ortho intramolecular Hbond substituents is 1. The molecule has 1 heterocycles. The number of carbonyl (C=O) groups excluding carboxylic acids is 1. The second-order valence-electron chi connectivity index (χ2n) is 5.25. The van der Waals surface area contributed by atoms with E-state index in [0.29, 0.717) is 0 Å². The summed E-state index contributed by atoms with van der Waals surface area (Å²) < 4.78 is 13.1. The number of carbonyl (C=O) groups is 1.